The van der Waals surface area contributed by atoms with Crippen LogP contribution in [-0.4, -0.2) is 39.2 Å². The first-order chi connectivity index (χ1) is 18.2. The van der Waals surface area contributed by atoms with E-state index in [1.165, 1.54) is 16.9 Å². The summed E-state index contributed by atoms with van der Waals surface area (Å²) in [5.74, 6) is -0.247. The molecule has 2 heterocycles. The molecule has 10 heteroatoms. The number of fused-ring (bicyclic) bond motifs is 1. The Hall–Kier alpha value is -3.50. The van der Waals surface area contributed by atoms with Crippen molar-refractivity contribution in [2.45, 2.75) is 51.4 Å². The van der Waals surface area contributed by atoms with Crippen LogP contribution in [0.25, 0.3) is 11.3 Å². The second-order valence-corrected chi connectivity index (χ2v) is 10.7. The quantitative estimate of drug-likeness (QED) is 0.288. The molecule has 2 aromatic carbocycles. The van der Waals surface area contributed by atoms with Gasteiger partial charge in [-0.15, -0.1) is 11.3 Å². The average Bonchev–Trinajstić information content (AvgIpc) is 3.50. The van der Waals surface area contributed by atoms with Crippen LogP contribution in [0.3, 0.4) is 0 Å². The van der Waals surface area contributed by atoms with Gasteiger partial charge in [-0.3, -0.25) is 10.1 Å². The minimum absolute atomic E-state index is 0.0137. The van der Waals surface area contributed by atoms with Gasteiger partial charge in [0.2, 0.25) is 0 Å². The van der Waals surface area contributed by atoms with E-state index in [1.54, 1.807) is 12.4 Å². The summed E-state index contributed by atoms with van der Waals surface area (Å²) in [5, 5.41) is 6.41. The van der Waals surface area contributed by atoms with E-state index < -0.39 is 12.6 Å². The van der Waals surface area contributed by atoms with Gasteiger partial charge in [0.1, 0.15) is 0 Å². The van der Waals surface area contributed by atoms with Gasteiger partial charge < -0.3 is 9.88 Å². The van der Waals surface area contributed by atoms with Gasteiger partial charge in [-0.05, 0) is 43.9 Å². The highest BCUT2D eigenvalue weighted by Crippen LogP contribution is 2.30. The third kappa shape index (κ3) is 6.68. The van der Waals surface area contributed by atoms with Gasteiger partial charge in [0.15, 0.2) is 5.13 Å². The van der Waals surface area contributed by atoms with E-state index in [-0.39, 0.29) is 18.5 Å². The van der Waals surface area contributed by atoms with Gasteiger partial charge >= 0.3 is 6.18 Å². The molecule has 1 amide bonds. The Balaban J connectivity index is 1.19. The monoisotopic (exact) mass is 539 g/mol. The van der Waals surface area contributed by atoms with E-state index >= 15 is 0 Å². The Morgan fingerprint density at radius 1 is 1.18 bits per heavy atom. The van der Waals surface area contributed by atoms with Crippen LogP contribution in [0.1, 0.15) is 44.9 Å². The van der Waals surface area contributed by atoms with Crippen LogP contribution in [0.4, 0.5) is 18.3 Å². The molecular weight excluding hydrogens is 511 g/mol. The van der Waals surface area contributed by atoms with Gasteiger partial charge in [-0.25, -0.2) is 9.97 Å². The van der Waals surface area contributed by atoms with Crippen molar-refractivity contribution < 1.29 is 18.0 Å². The topological polar surface area (TPSA) is 71.8 Å². The molecular formula is C28H28F3N5OS. The number of carbonyl (C=O) groups excluding carboxylic acids is 1. The summed E-state index contributed by atoms with van der Waals surface area (Å²) >= 11 is 1.39. The molecule has 1 aliphatic carbocycles. The predicted octanol–water partition coefficient (Wildman–Crippen LogP) is 6.01. The Morgan fingerprint density at radius 3 is 2.79 bits per heavy atom. The fraction of sp³-hybridized carbons (Fsp3) is 0.321. The van der Waals surface area contributed by atoms with Gasteiger partial charge in [-0.2, -0.15) is 13.2 Å². The number of hydrogen-bond acceptors (Lipinski definition) is 5. The normalized spacial score (nSPS) is 15.3. The first-order valence-electron chi connectivity index (χ1n) is 12.5. The molecule has 0 spiro atoms. The van der Waals surface area contributed by atoms with Gasteiger partial charge in [-0.1, -0.05) is 42.0 Å². The molecule has 0 saturated heterocycles. The summed E-state index contributed by atoms with van der Waals surface area (Å²) in [6, 6.07) is 15.6. The average molecular weight is 540 g/mol. The van der Waals surface area contributed by atoms with E-state index in [0.717, 1.165) is 33.8 Å². The van der Waals surface area contributed by atoms with Gasteiger partial charge in [0, 0.05) is 41.3 Å². The number of benzene rings is 2. The highest BCUT2D eigenvalue weighted by molar-refractivity contribution is 7.15. The number of imidazole rings is 1. The lowest BCUT2D eigenvalue weighted by Gasteiger charge is -2.22. The highest BCUT2D eigenvalue weighted by atomic mass is 32.1. The van der Waals surface area contributed by atoms with Crippen molar-refractivity contribution in [2.24, 2.45) is 0 Å². The minimum atomic E-state index is -4.16. The van der Waals surface area contributed by atoms with Gasteiger partial charge in [0.25, 0.3) is 5.91 Å². The molecule has 1 aliphatic rings. The second-order valence-electron chi connectivity index (χ2n) is 9.60. The number of nitrogens with one attached hydrogen (secondary N) is 2. The zero-order valence-corrected chi connectivity index (χ0v) is 21.7. The molecule has 5 rings (SSSR count). The lowest BCUT2D eigenvalue weighted by Crippen LogP contribution is -2.36. The minimum Gasteiger partial charge on any atom is -0.332 e. The number of aryl methyl sites for hydroxylation is 2. The number of halogens is 3. The lowest BCUT2D eigenvalue weighted by atomic mass is 9.97. The predicted molar refractivity (Wildman–Crippen MR) is 142 cm³/mol. The highest BCUT2D eigenvalue weighted by Gasteiger charge is 2.28. The first-order valence-corrected chi connectivity index (χ1v) is 13.3. The zero-order chi connectivity index (χ0) is 26.7. The lowest BCUT2D eigenvalue weighted by molar-refractivity contribution is -0.133. The molecule has 1 atom stereocenters. The summed E-state index contributed by atoms with van der Waals surface area (Å²) in [4.78, 5) is 23.0. The third-order valence-electron chi connectivity index (χ3n) is 6.54. The summed E-state index contributed by atoms with van der Waals surface area (Å²) < 4.78 is 39.3. The molecule has 0 aliphatic heterocycles. The van der Waals surface area contributed by atoms with Gasteiger partial charge in [0.05, 0.1) is 24.1 Å². The molecule has 0 saturated carbocycles. The van der Waals surface area contributed by atoms with Crippen LogP contribution in [0.5, 0.6) is 0 Å². The fourth-order valence-corrected chi connectivity index (χ4v) is 5.61. The third-order valence-corrected chi connectivity index (χ3v) is 7.57. The van der Waals surface area contributed by atoms with E-state index in [4.69, 9.17) is 0 Å². The number of nitrogens with zero attached hydrogens (tertiary/aromatic N) is 3. The van der Waals surface area contributed by atoms with Crippen LogP contribution in [0.15, 0.2) is 61.1 Å². The van der Waals surface area contributed by atoms with E-state index in [9.17, 15) is 18.0 Å². The van der Waals surface area contributed by atoms with E-state index in [1.807, 2.05) is 48.0 Å². The van der Waals surface area contributed by atoms with Crippen molar-refractivity contribution in [3.63, 3.8) is 0 Å². The largest absolute Gasteiger partial charge is 0.390 e. The maximum Gasteiger partial charge on any atom is 0.390 e. The van der Waals surface area contributed by atoms with Crippen molar-refractivity contribution >= 4 is 22.4 Å². The summed E-state index contributed by atoms with van der Waals surface area (Å²) in [7, 11) is 0. The van der Waals surface area contributed by atoms with Crippen molar-refractivity contribution in [1.29, 1.82) is 0 Å². The number of carbonyl (C=O) groups is 1. The molecule has 6 nitrogen and oxygen atoms in total. The smallest absolute Gasteiger partial charge is 0.332 e. The number of thiazole rings is 1. The number of amides is 1. The fourth-order valence-electron chi connectivity index (χ4n) is 4.53. The van der Waals surface area contributed by atoms with Crippen molar-refractivity contribution in [2.75, 3.05) is 11.9 Å². The molecule has 0 bridgehead atoms. The number of alkyl halides is 3. The molecule has 2 aromatic heterocycles. The molecule has 198 valence electrons. The maximum atomic E-state index is 13.0. The molecule has 4 aromatic rings. The number of anilines is 1. The van der Waals surface area contributed by atoms with Crippen molar-refractivity contribution in [1.82, 2.24) is 19.9 Å². The summed E-state index contributed by atoms with van der Waals surface area (Å²) in [5.41, 5.74) is 5.55. The summed E-state index contributed by atoms with van der Waals surface area (Å²) in [6.45, 7) is 2.54. The molecule has 2 N–H and O–H groups in total. The Labute approximate surface area is 223 Å². The molecule has 1 unspecified atom stereocenters. The Kier molecular flexibility index (Phi) is 7.62. The summed E-state index contributed by atoms with van der Waals surface area (Å²) in [6.07, 6.45) is 0.797. The second kappa shape index (κ2) is 11.1. The van der Waals surface area contributed by atoms with Crippen molar-refractivity contribution in [3.05, 3.63) is 88.3 Å². The SMILES string of the molecule is Cc1ccc(-c2cn(Cc3cccc(C(=O)Nc4nc5c(s4)CC(NCCC(F)(F)F)CC5)c3)cn2)cc1. The van der Waals surface area contributed by atoms with Crippen LogP contribution < -0.4 is 10.6 Å². The Bertz CT molecular complexity index is 1410. The van der Waals surface area contributed by atoms with E-state index in [0.29, 0.717) is 30.1 Å². The molecule has 38 heavy (non-hydrogen) atoms. The van der Waals surface area contributed by atoms with Crippen LogP contribution in [-0.2, 0) is 19.4 Å². The first kappa shape index (κ1) is 26.1. The van der Waals surface area contributed by atoms with Crippen LogP contribution in [0.2, 0.25) is 0 Å². The van der Waals surface area contributed by atoms with E-state index in [2.05, 4.69) is 32.7 Å². The number of rotatable bonds is 8. The maximum absolute atomic E-state index is 13.0. The Morgan fingerprint density at radius 2 is 2.00 bits per heavy atom. The number of aromatic nitrogens is 3. The van der Waals surface area contributed by atoms with Crippen LogP contribution in [0, 0.1) is 6.92 Å². The van der Waals surface area contributed by atoms with Crippen molar-refractivity contribution in [3.8, 4) is 11.3 Å². The zero-order valence-electron chi connectivity index (χ0n) is 20.9. The molecule has 0 radical (unpaired) electrons. The van der Waals surface area contributed by atoms with Crippen LogP contribution >= 0.6 is 11.3 Å². The molecule has 0 fully saturated rings. The number of hydrogen-bond donors (Lipinski definition) is 2. The standard InChI is InChI=1S/C28H28F3N5OS/c1-18-5-7-20(8-6-18)24-16-36(17-33-24)15-19-3-2-4-21(13-19)26(37)35-27-34-23-10-9-22(14-25(23)38-27)32-12-11-28(29,30)31/h2-8,13,16-17,22,32H,9-12,14-15H2,1H3,(H,34,35,37).